The molecule has 3 rings (SSSR count). The second-order valence-electron chi connectivity index (χ2n) is 19.0. The van der Waals surface area contributed by atoms with E-state index < -0.39 is 163 Å². The van der Waals surface area contributed by atoms with Crippen LogP contribution in [0.5, 0.6) is 5.75 Å². The predicted molar refractivity (Wildman–Crippen MR) is 298 cm³/mol. The number of phenolic OH excluding ortho intramolecular Hbond substituents is 1. The number of carboxylic acid groups (broad SMARTS) is 1. The summed E-state index contributed by atoms with van der Waals surface area (Å²) >= 11 is 1.28. The van der Waals surface area contributed by atoms with Crippen molar-refractivity contribution in [3.05, 3.63) is 102 Å². The van der Waals surface area contributed by atoms with Crippen molar-refractivity contribution in [3.63, 3.8) is 0 Å². The highest BCUT2D eigenvalue weighted by molar-refractivity contribution is 7.98. The van der Waals surface area contributed by atoms with Gasteiger partial charge in [0.15, 0.2) is 0 Å². The van der Waals surface area contributed by atoms with Crippen LogP contribution in [0.15, 0.2) is 84.9 Å². The smallest absolute Gasteiger partial charge is 0.326 e. The van der Waals surface area contributed by atoms with Crippen LogP contribution in [0.1, 0.15) is 56.2 Å². The molecule has 0 saturated heterocycles. The number of rotatable bonds is 35. The van der Waals surface area contributed by atoms with Crippen molar-refractivity contribution in [3.8, 4) is 5.75 Å². The second-order valence-corrected chi connectivity index (χ2v) is 20.0. The molecule has 0 saturated carbocycles. The zero-order valence-electron chi connectivity index (χ0n) is 45.6. The number of phenols is 1. The van der Waals surface area contributed by atoms with Crippen molar-refractivity contribution >= 4 is 88.6 Å². The predicted octanol–water partition coefficient (Wildman–Crippen LogP) is -5.39. The normalized spacial score (nSPS) is 14.5. The van der Waals surface area contributed by atoms with Gasteiger partial charge >= 0.3 is 5.97 Å². The highest BCUT2D eigenvalue weighted by atomic mass is 32.2. The molecule has 0 spiro atoms. The summed E-state index contributed by atoms with van der Waals surface area (Å²) in [6, 6.07) is 6.98. The second kappa shape index (κ2) is 34.2. The Bertz CT molecular complexity index is 2780. The molecule has 0 fully saturated rings. The summed E-state index contributed by atoms with van der Waals surface area (Å²) in [4.78, 5) is 171. The molecular weight excluding hydrogens is 1110 g/mol. The monoisotopic (exact) mass is 1180 g/mol. The number of benzene rings is 3. The first kappa shape index (κ1) is 68.1. The third-order valence-electron chi connectivity index (χ3n) is 12.2. The van der Waals surface area contributed by atoms with Crippen molar-refractivity contribution < 1.29 is 77.6 Å². The number of aliphatic carboxylic acids is 1. The number of primary amides is 3. The van der Waals surface area contributed by atoms with Gasteiger partial charge in [-0.05, 0) is 61.1 Å². The van der Waals surface area contributed by atoms with E-state index in [0.29, 0.717) is 16.7 Å². The lowest BCUT2D eigenvalue weighted by atomic mass is 10.0. The first-order valence-corrected chi connectivity index (χ1v) is 27.1. The Labute approximate surface area is 480 Å². The largest absolute Gasteiger partial charge is 0.508 e. The van der Waals surface area contributed by atoms with Gasteiger partial charge in [-0.3, -0.25) is 57.5 Å². The minimum Gasteiger partial charge on any atom is -0.508 e. The Kier molecular flexibility index (Phi) is 28.1. The molecular formula is C53H71N13O16S. The van der Waals surface area contributed by atoms with Crippen LogP contribution in [0, 0.1) is 0 Å². The first-order valence-electron chi connectivity index (χ1n) is 25.7. The highest BCUT2D eigenvalue weighted by Gasteiger charge is 2.37. The van der Waals surface area contributed by atoms with Crippen LogP contribution < -0.4 is 70.8 Å². The molecule has 20 N–H and O–H groups in total. The number of nitrogens with two attached hydrogens (primary N) is 4. The van der Waals surface area contributed by atoms with E-state index in [1.54, 1.807) is 66.9 Å². The molecule has 0 radical (unpaired) electrons. The van der Waals surface area contributed by atoms with E-state index in [0.717, 1.165) is 0 Å². The lowest BCUT2D eigenvalue weighted by Crippen LogP contribution is -2.62. The third-order valence-corrected chi connectivity index (χ3v) is 12.8. The number of nitrogens with one attached hydrogen (secondary N) is 9. The maximum absolute atomic E-state index is 14.3. The van der Waals surface area contributed by atoms with Gasteiger partial charge in [0.2, 0.25) is 70.9 Å². The number of aliphatic hydroxyl groups is 1. The molecule has 0 aromatic heterocycles. The van der Waals surface area contributed by atoms with Crippen LogP contribution >= 0.6 is 11.8 Å². The van der Waals surface area contributed by atoms with Gasteiger partial charge in [0.05, 0.1) is 31.9 Å². The number of aliphatic hydroxyl groups excluding tert-OH is 1. The Balaban J connectivity index is 1.92. The molecule has 29 nitrogen and oxygen atoms in total. The Morgan fingerprint density at radius 1 is 0.458 bits per heavy atom. The van der Waals surface area contributed by atoms with Crippen molar-refractivity contribution in [2.75, 3.05) is 18.6 Å². The fourth-order valence-electron chi connectivity index (χ4n) is 7.86. The molecule has 0 heterocycles. The molecule has 3 aromatic rings. The van der Waals surface area contributed by atoms with Crippen molar-refractivity contribution in [2.45, 2.75) is 119 Å². The van der Waals surface area contributed by atoms with Crippen LogP contribution in [0.25, 0.3) is 0 Å². The van der Waals surface area contributed by atoms with Gasteiger partial charge in [0.1, 0.15) is 60.1 Å². The van der Waals surface area contributed by atoms with E-state index in [1.807, 2.05) is 0 Å². The standard InChI is InChI=1S/C53H71N13O16S/c1-27(45(73)60-33(18-19-83-3)46(74)65-39(53(81)82)25-42(57)71)58-47(75)35(22-31-14-16-32(68)17-15-31)61-49(77)37(23-40(55)69)63-50(78)38(24-41(56)70)62-48(76)36(21-30-12-8-5-9-13-30)64-52(80)44(28(2)67)66-51(79)34(59-43(72)26-54)20-29-10-6-4-7-11-29/h4-17,27-28,33-39,44,67-68H,18-26,54H2,1-3H3,(H2,55,69)(H2,56,70)(H2,57,71)(H,58,75)(H,59,72)(H,60,73)(H,61,77)(H,62,76)(H,63,78)(H,64,80)(H,65,74)(H,66,79)(H,81,82)/t27-,28+,33-,34-,35-,36-,37-,38-,39-,44-/m0/s1. The first-order chi connectivity index (χ1) is 39.2. The van der Waals surface area contributed by atoms with Gasteiger partial charge in [0.25, 0.3) is 0 Å². The van der Waals surface area contributed by atoms with Crippen LogP contribution in [-0.4, -0.2) is 171 Å². The number of hydrogen-bond donors (Lipinski definition) is 16. The fourth-order valence-corrected chi connectivity index (χ4v) is 8.33. The molecule has 0 bridgehead atoms. The third kappa shape index (κ3) is 24.2. The molecule has 0 aliphatic rings. The van der Waals surface area contributed by atoms with Crippen molar-refractivity contribution in [2.24, 2.45) is 22.9 Å². The van der Waals surface area contributed by atoms with Crippen molar-refractivity contribution in [1.82, 2.24) is 47.9 Å². The molecule has 83 heavy (non-hydrogen) atoms. The van der Waals surface area contributed by atoms with Crippen LogP contribution in [0.4, 0.5) is 0 Å². The van der Waals surface area contributed by atoms with Crippen molar-refractivity contribution in [1.29, 1.82) is 0 Å². The van der Waals surface area contributed by atoms with Gasteiger partial charge in [-0.25, -0.2) is 4.79 Å². The molecule has 0 aliphatic carbocycles. The average molecular weight is 1180 g/mol. The van der Waals surface area contributed by atoms with Gasteiger partial charge in [-0.2, -0.15) is 11.8 Å². The Hall–Kier alpha value is -9.16. The van der Waals surface area contributed by atoms with E-state index in [1.165, 1.54) is 49.9 Å². The summed E-state index contributed by atoms with van der Waals surface area (Å²) in [6.07, 6.45) is -3.35. The zero-order chi connectivity index (χ0) is 61.9. The summed E-state index contributed by atoms with van der Waals surface area (Å²) in [5, 5.41) is 51.5. The zero-order valence-corrected chi connectivity index (χ0v) is 46.4. The number of thioether (sulfide) groups is 1. The lowest BCUT2D eigenvalue weighted by molar-refractivity contribution is -0.143. The van der Waals surface area contributed by atoms with Gasteiger partial charge in [-0.15, -0.1) is 0 Å². The summed E-state index contributed by atoms with van der Waals surface area (Å²) in [7, 11) is 0. The number of carbonyl (C=O) groups is 13. The van der Waals surface area contributed by atoms with Gasteiger partial charge < -0.3 is 86.1 Å². The highest BCUT2D eigenvalue weighted by Crippen LogP contribution is 2.14. The molecule has 0 aliphatic heterocycles. The average Bonchev–Trinajstić information content (AvgIpc) is 3.58. The van der Waals surface area contributed by atoms with E-state index in [4.69, 9.17) is 22.9 Å². The van der Waals surface area contributed by atoms with Gasteiger partial charge in [-0.1, -0.05) is 72.8 Å². The number of carboxylic acids is 1. The number of aromatic hydroxyl groups is 1. The van der Waals surface area contributed by atoms with Crippen LogP contribution in [0.3, 0.4) is 0 Å². The summed E-state index contributed by atoms with van der Waals surface area (Å²) < 4.78 is 0. The summed E-state index contributed by atoms with van der Waals surface area (Å²) in [5.41, 5.74) is 23.0. The number of hydrogen-bond acceptors (Lipinski definition) is 17. The molecule has 30 heteroatoms. The van der Waals surface area contributed by atoms with E-state index >= 15 is 0 Å². The van der Waals surface area contributed by atoms with E-state index in [2.05, 4.69) is 47.9 Å². The maximum Gasteiger partial charge on any atom is 0.326 e. The van der Waals surface area contributed by atoms with E-state index in [-0.39, 0.29) is 37.2 Å². The Morgan fingerprint density at radius 3 is 1.25 bits per heavy atom. The SMILES string of the molecule is CSCC[C@H](NC(=O)[C@H](C)NC(=O)[C@H](Cc1ccc(O)cc1)NC(=O)[C@H](CC(N)=O)NC(=O)[C@H](CC(N)=O)NC(=O)[C@H](Cc1ccccc1)NC(=O)[C@@H](NC(=O)[C@H](Cc1ccccc1)NC(=O)CN)[C@@H](C)O)C(=O)N[C@@H](CC(N)=O)C(=O)O. The molecule has 450 valence electrons. The topological polar surface area (TPSA) is 495 Å². The molecule has 3 aromatic carbocycles. The van der Waals surface area contributed by atoms with E-state index in [9.17, 15) is 77.6 Å². The molecule has 10 atom stereocenters. The van der Waals surface area contributed by atoms with Gasteiger partial charge in [0, 0.05) is 19.3 Å². The van der Waals surface area contributed by atoms with Crippen LogP contribution in [0.2, 0.25) is 0 Å². The Morgan fingerprint density at radius 2 is 0.819 bits per heavy atom. The fraction of sp³-hybridized carbons (Fsp3) is 0.415. The summed E-state index contributed by atoms with van der Waals surface area (Å²) in [6.45, 7) is 1.90. The minimum atomic E-state index is -1.96. The maximum atomic E-state index is 14.3. The molecule has 0 unspecified atom stereocenters. The lowest BCUT2D eigenvalue weighted by Gasteiger charge is -2.28. The number of amides is 12. The van der Waals surface area contributed by atoms with Crippen LogP contribution in [-0.2, 0) is 81.6 Å². The summed E-state index contributed by atoms with van der Waals surface area (Å²) in [5.74, 6) is -14.3. The molecule has 12 amide bonds. The quantitative estimate of drug-likeness (QED) is 0.0261. The number of carbonyl (C=O) groups excluding carboxylic acids is 12. The minimum absolute atomic E-state index is 0.0359.